The molecule has 5 heteroatoms. The van der Waals surface area contributed by atoms with Crippen LogP contribution in [0, 0.1) is 0 Å². The number of fused-ring (bicyclic) bond motifs is 1. The molecule has 0 bridgehead atoms. The molecule has 1 aromatic carbocycles. The van der Waals surface area contributed by atoms with Crippen molar-refractivity contribution in [1.82, 2.24) is 0 Å². The van der Waals surface area contributed by atoms with E-state index in [0.29, 0.717) is 17.2 Å². The van der Waals surface area contributed by atoms with E-state index in [1.165, 1.54) is 0 Å². The fourth-order valence-corrected chi connectivity index (χ4v) is 2.67. The summed E-state index contributed by atoms with van der Waals surface area (Å²) < 4.78 is 10.9. The van der Waals surface area contributed by atoms with Crippen LogP contribution in [-0.4, -0.2) is 13.6 Å². The number of hydrogen-bond acceptors (Lipinski definition) is 4. The second kappa shape index (κ2) is 4.72. The molecule has 0 saturated carbocycles. The van der Waals surface area contributed by atoms with Crippen molar-refractivity contribution in [1.29, 1.82) is 0 Å². The minimum absolute atomic E-state index is 0.270. The zero-order valence-electron chi connectivity index (χ0n) is 8.53. The minimum Gasteiger partial charge on any atom is -0.495 e. The molecule has 16 heavy (non-hydrogen) atoms. The highest BCUT2D eigenvalue weighted by molar-refractivity contribution is 7.17. The van der Waals surface area contributed by atoms with Crippen molar-refractivity contribution in [3.8, 4) is 5.75 Å². The van der Waals surface area contributed by atoms with E-state index in [-0.39, 0.29) is 6.61 Å². The predicted molar refractivity (Wildman–Crippen MR) is 64.2 cm³/mol. The lowest BCUT2D eigenvalue weighted by Crippen LogP contribution is -1.88. The first-order valence-electron chi connectivity index (χ1n) is 4.55. The van der Waals surface area contributed by atoms with Crippen LogP contribution < -0.4 is 4.74 Å². The largest absolute Gasteiger partial charge is 0.495 e. The third-order valence-electron chi connectivity index (χ3n) is 2.23. The molecule has 0 fully saturated rings. The van der Waals surface area contributed by atoms with E-state index in [2.05, 4.69) is 0 Å². The molecule has 0 aliphatic rings. The summed E-state index contributed by atoms with van der Waals surface area (Å²) in [4.78, 5) is 10.1. The van der Waals surface area contributed by atoms with Gasteiger partial charge in [0.15, 0.2) is 0 Å². The van der Waals surface area contributed by atoms with Gasteiger partial charge < -0.3 is 9.47 Å². The normalized spacial score (nSPS) is 10.4. The Hall–Kier alpha value is -1.26. The van der Waals surface area contributed by atoms with Gasteiger partial charge in [-0.25, -0.2) is 0 Å². The Kier molecular flexibility index (Phi) is 3.31. The first-order chi connectivity index (χ1) is 7.76. The molecule has 0 unspecified atom stereocenters. The van der Waals surface area contributed by atoms with Crippen molar-refractivity contribution in [2.45, 2.75) is 6.61 Å². The fraction of sp³-hybridized carbons (Fsp3) is 0.182. The quantitative estimate of drug-likeness (QED) is 0.788. The highest BCUT2D eigenvalue weighted by Crippen LogP contribution is 2.35. The number of carbonyl (C=O) groups excluding carboxylic acids is 1. The van der Waals surface area contributed by atoms with Crippen molar-refractivity contribution < 1.29 is 14.3 Å². The fourth-order valence-electron chi connectivity index (χ4n) is 1.47. The lowest BCUT2D eigenvalue weighted by atomic mass is 10.2. The topological polar surface area (TPSA) is 35.5 Å². The standard InChI is InChI=1S/C11H9ClO3S/c1-14-10-3-11-8(2-9(10)12)7(5-16-11)4-15-6-13/h2-3,5-6H,4H2,1H3. The molecule has 1 heterocycles. The van der Waals surface area contributed by atoms with E-state index in [1.807, 2.05) is 17.5 Å². The summed E-state index contributed by atoms with van der Waals surface area (Å²) >= 11 is 7.60. The van der Waals surface area contributed by atoms with E-state index in [4.69, 9.17) is 21.1 Å². The van der Waals surface area contributed by atoms with Crippen molar-refractivity contribution in [3.63, 3.8) is 0 Å². The number of thiophene rings is 1. The number of benzene rings is 1. The monoisotopic (exact) mass is 256 g/mol. The van der Waals surface area contributed by atoms with Crippen molar-refractivity contribution in [2.75, 3.05) is 7.11 Å². The summed E-state index contributed by atoms with van der Waals surface area (Å²) in [6, 6.07) is 3.71. The first-order valence-corrected chi connectivity index (χ1v) is 5.81. The molecular weight excluding hydrogens is 248 g/mol. The van der Waals surface area contributed by atoms with Gasteiger partial charge in [-0.2, -0.15) is 0 Å². The van der Waals surface area contributed by atoms with Crippen LogP contribution in [0.5, 0.6) is 5.75 Å². The summed E-state index contributed by atoms with van der Waals surface area (Å²) in [5, 5.41) is 3.50. The third-order valence-corrected chi connectivity index (χ3v) is 3.52. The number of ether oxygens (including phenoxy) is 2. The Morgan fingerprint density at radius 3 is 3.00 bits per heavy atom. The minimum atomic E-state index is 0.270. The Bertz CT molecular complexity index is 521. The Labute approximate surface area is 102 Å². The van der Waals surface area contributed by atoms with Gasteiger partial charge in [-0.3, -0.25) is 4.79 Å². The van der Waals surface area contributed by atoms with Gasteiger partial charge in [0, 0.05) is 15.6 Å². The molecule has 0 aliphatic heterocycles. The molecule has 0 atom stereocenters. The molecule has 0 spiro atoms. The molecule has 0 radical (unpaired) electrons. The SMILES string of the molecule is COc1cc2scc(COC=O)c2cc1Cl. The van der Waals surface area contributed by atoms with Gasteiger partial charge in [-0.1, -0.05) is 11.6 Å². The number of carbonyl (C=O) groups is 1. The molecule has 0 amide bonds. The first kappa shape index (κ1) is 11.2. The summed E-state index contributed by atoms with van der Waals surface area (Å²) in [5.41, 5.74) is 0.955. The average Bonchev–Trinajstić information content (AvgIpc) is 2.67. The maximum Gasteiger partial charge on any atom is 0.293 e. The van der Waals surface area contributed by atoms with Gasteiger partial charge in [0.25, 0.3) is 6.47 Å². The molecular formula is C11H9ClO3S. The lowest BCUT2D eigenvalue weighted by molar-refractivity contribution is -0.129. The van der Waals surface area contributed by atoms with E-state index >= 15 is 0 Å². The number of halogens is 1. The van der Waals surface area contributed by atoms with Crippen LogP contribution in [-0.2, 0) is 16.1 Å². The van der Waals surface area contributed by atoms with E-state index < -0.39 is 0 Å². The molecule has 0 N–H and O–H groups in total. The van der Waals surface area contributed by atoms with Gasteiger partial charge >= 0.3 is 0 Å². The van der Waals surface area contributed by atoms with Gasteiger partial charge in [0.05, 0.1) is 12.1 Å². The molecule has 0 aliphatic carbocycles. The van der Waals surface area contributed by atoms with Crippen LogP contribution in [0.25, 0.3) is 10.1 Å². The molecule has 1 aromatic heterocycles. The van der Waals surface area contributed by atoms with Crippen molar-refractivity contribution in [2.24, 2.45) is 0 Å². The predicted octanol–water partition coefficient (Wildman–Crippen LogP) is 3.24. The molecule has 3 nitrogen and oxygen atoms in total. The van der Waals surface area contributed by atoms with Crippen LogP contribution in [0.3, 0.4) is 0 Å². The Balaban J connectivity index is 2.47. The highest BCUT2D eigenvalue weighted by atomic mass is 35.5. The molecule has 2 aromatic rings. The van der Waals surface area contributed by atoms with Crippen molar-refractivity contribution in [3.05, 3.63) is 28.1 Å². The van der Waals surface area contributed by atoms with E-state index in [1.54, 1.807) is 18.4 Å². The van der Waals surface area contributed by atoms with Crippen LogP contribution >= 0.6 is 22.9 Å². The van der Waals surface area contributed by atoms with Gasteiger partial charge in [0.2, 0.25) is 0 Å². The van der Waals surface area contributed by atoms with Crippen LogP contribution in [0.2, 0.25) is 5.02 Å². The third kappa shape index (κ3) is 1.99. The van der Waals surface area contributed by atoms with Gasteiger partial charge in [0.1, 0.15) is 12.4 Å². The maximum absolute atomic E-state index is 10.1. The molecule has 84 valence electrons. The van der Waals surface area contributed by atoms with Crippen LogP contribution in [0.4, 0.5) is 0 Å². The number of rotatable bonds is 4. The van der Waals surface area contributed by atoms with Gasteiger partial charge in [-0.15, -0.1) is 11.3 Å². The Morgan fingerprint density at radius 2 is 2.31 bits per heavy atom. The Morgan fingerprint density at radius 1 is 1.50 bits per heavy atom. The summed E-state index contributed by atoms with van der Waals surface area (Å²) in [6.07, 6.45) is 0. The number of methoxy groups -OCH3 is 1. The maximum atomic E-state index is 10.1. The second-order valence-corrected chi connectivity index (χ2v) is 4.47. The highest BCUT2D eigenvalue weighted by Gasteiger charge is 2.09. The molecule has 0 saturated heterocycles. The lowest BCUT2D eigenvalue weighted by Gasteiger charge is -2.03. The van der Waals surface area contributed by atoms with Gasteiger partial charge in [-0.05, 0) is 17.5 Å². The zero-order valence-corrected chi connectivity index (χ0v) is 10.1. The smallest absolute Gasteiger partial charge is 0.293 e. The summed E-state index contributed by atoms with van der Waals surface area (Å²) in [6.45, 7) is 0.709. The van der Waals surface area contributed by atoms with Crippen LogP contribution in [0.1, 0.15) is 5.56 Å². The van der Waals surface area contributed by atoms with E-state index in [0.717, 1.165) is 15.6 Å². The summed E-state index contributed by atoms with van der Waals surface area (Å²) in [7, 11) is 1.58. The van der Waals surface area contributed by atoms with Crippen LogP contribution in [0.15, 0.2) is 17.5 Å². The summed E-state index contributed by atoms with van der Waals surface area (Å²) in [5.74, 6) is 0.652. The van der Waals surface area contributed by atoms with E-state index in [9.17, 15) is 4.79 Å². The second-order valence-electron chi connectivity index (χ2n) is 3.15. The number of hydrogen-bond donors (Lipinski definition) is 0. The van der Waals surface area contributed by atoms with Crippen molar-refractivity contribution >= 4 is 39.5 Å². The average molecular weight is 257 g/mol. The zero-order chi connectivity index (χ0) is 11.5. The molecule has 2 rings (SSSR count).